The van der Waals surface area contributed by atoms with Crippen molar-refractivity contribution in [3.63, 3.8) is 0 Å². The van der Waals surface area contributed by atoms with Crippen LogP contribution in [0.3, 0.4) is 0 Å². The van der Waals surface area contributed by atoms with Crippen molar-refractivity contribution in [3.05, 3.63) is 72.1 Å². The Labute approximate surface area is 241 Å². The van der Waals surface area contributed by atoms with Gasteiger partial charge in [0.1, 0.15) is 23.9 Å². The smallest absolute Gasteiger partial charge is 0.247 e. The summed E-state index contributed by atoms with van der Waals surface area (Å²) in [6.07, 6.45) is 5.55. The summed E-state index contributed by atoms with van der Waals surface area (Å²) in [6, 6.07) is 12.7. The van der Waals surface area contributed by atoms with Crippen molar-refractivity contribution in [2.45, 2.75) is 64.8 Å². The zero-order chi connectivity index (χ0) is 29.5. The van der Waals surface area contributed by atoms with Crippen LogP contribution in [-0.4, -0.2) is 54.0 Å². The molecule has 0 spiro atoms. The minimum Gasteiger partial charge on any atom is -0.487 e. The van der Waals surface area contributed by atoms with Crippen LogP contribution in [0.25, 0.3) is 17.0 Å². The van der Waals surface area contributed by atoms with Crippen LogP contribution < -0.4 is 26.0 Å². The van der Waals surface area contributed by atoms with E-state index in [1.54, 1.807) is 19.3 Å². The molecule has 0 unspecified atom stereocenters. The third kappa shape index (κ3) is 7.16. The minimum absolute atomic E-state index is 0.0414. The van der Waals surface area contributed by atoms with Crippen LogP contribution in [0.15, 0.2) is 60.9 Å². The van der Waals surface area contributed by atoms with E-state index in [-0.39, 0.29) is 30.1 Å². The Bertz CT molecular complexity index is 1380. The molecule has 0 aliphatic carbocycles. The van der Waals surface area contributed by atoms with Gasteiger partial charge in [-0.15, -0.1) is 0 Å². The van der Waals surface area contributed by atoms with Crippen LogP contribution >= 0.6 is 0 Å². The van der Waals surface area contributed by atoms with E-state index in [1.807, 2.05) is 82.4 Å². The minimum atomic E-state index is -1.06. The highest BCUT2D eigenvalue weighted by atomic mass is 16.5. The van der Waals surface area contributed by atoms with Crippen molar-refractivity contribution >= 4 is 34.7 Å². The fourth-order valence-electron chi connectivity index (χ4n) is 5.17. The largest absolute Gasteiger partial charge is 0.487 e. The number of H-pyrrole nitrogens is 1. The summed E-state index contributed by atoms with van der Waals surface area (Å²) < 4.78 is 6.36. The van der Waals surface area contributed by atoms with Crippen LogP contribution in [0.4, 0.5) is 0 Å². The van der Waals surface area contributed by atoms with Crippen molar-refractivity contribution in [3.8, 4) is 5.75 Å². The van der Waals surface area contributed by atoms with E-state index < -0.39 is 30.1 Å². The van der Waals surface area contributed by atoms with E-state index in [0.29, 0.717) is 5.75 Å². The summed E-state index contributed by atoms with van der Waals surface area (Å²) in [4.78, 5) is 44.2. The summed E-state index contributed by atoms with van der Waals surface area (Å²) in [5, 5.41) is 12.8. The molecule has 3 aromatic rings. The van der Waals surface area contributed by atoms with Gasteiger partial charge >= 0.3 is 0 Å². The highest BCUT2D eigenvalue weighted by Crippen LogP contribution is 2.22. The number of amides is 3. The lowest BCUT2D eigenvalue weighted by Gasteiger charge is -2.33. The molecule has 5 atom stereocenters. The number of nitrogens with one attached hydrogen (secondary N) is 5. The number of ether oxygens (including phenoxy) is 1. The molecule has 41 heavy (non-hydrogen) atoms. The third-order valence-electron chi connectivity index (χ3n) is 7.76. The third-order valence-corrected chi connectivity index (χ3v) is 7.76. The lowest BCUT2D eigenvalue weighted by atomic mass is 9.94. The summed E-state index contributed by atoms with van der Waals surface area (Å²) in [5.74, 6) is -0.678. The Balaban J connectivity index is 1.72. The summed E-state index contributed by atoms with van der Waals surface area (Å²) >= 11 is 0. The molecule has 2 aliphatic rings. The van der Waals surface area contributed by atoms with Crippen molar-refractivity contribution in [1.82, 2.24) is 26.3 Å². The topological polar surface area (TPSA) is 124 Å². The number of aromatic nitrogens is 1. The van der Waals surface area contributed by atoms with E-state index in [1.165, 1.54) is 0 Å². The van der Waals surface area contributed by atoms with Crippen LogP contribution in [0.5, 0.6) is 5.75 Å². The highest BCUT2D eigenvalue weighted by molar-refractivity contribution is 5.94. The Morgan fingerprint density at radius 1 is 1.02 bits per heavy atom. The predicted octanol–water partition coefficient (Wildman–Crippen LogP) is 3.52. The molecule has 0 saturated carbocycles. The molecule has 1 aromatic heterocycles. The SMILES string of the molecule is CC[C@H](C)[C@H](NC)C(=O)N[C@@H]1C(=O)N[C@@H](Cc2c[nH]c3ccccc23)C(=O)N/C=C\c2ccc(cc2)O[C@H]1C(C)C. The van der Waals surface area contributed by atoms with Gasteiger partial charge in [-0.05, 0) is 54.3 Å². The van der Waals surface area contributed by atoms with E-state index in [9.17, 15) is 14.4 Å². The Morgan fingerprint density at radius 2 is 1.76 bits per heavy atom. The van der Waals surface area contributed by atoms with Crippen LogP contribution in [0.2, 0.25) is 0 Å². The molecule has 218 valence electrons. The fourth-order valence-corrected chi connectivity index (χ4v) is 5.17. The molecule has 9 nitrogen and oxygen atoms in total. The van der Waals surface area contributed by atoms with E-state index in [0.717, 1.165) is 28.5 Å². The number of rotatable bonds is 8. The number of likely N-dealkylation sites (N-methyl/N-ethyl adjacent to an activating group) is 1. The summed E-state index contributed by atoms with van der Waals surface area (Å²) in [7, 11) is 1.73. The number of benzene rings is 2. The average molecular weight is 560 g/mol. The first-order chi connectivity index (χ1) is 19.7. The molecule has 2 bridgehead atoms. The van der Waals surface area contributed by atoms with Gasteiger partial charge in [0.15, 0.2) is 0 Å². The first-order valence-electron chi connectivity index (χ1n) is 14.3. The van der Waals surface area contributed by atoms with Gasteiger partial charge in [-0.3, -0.25) is 14.4 Å². The van der Waals surface area contributed by atoms with Gasteiger partial charge in [-0.2, -0.15) is 0 Å². The maximum absolute atomic E-state index is 14.1. The average Bonchev–Trinajstić information content (AvgIpc) is 3.37. The van der Waals surface area contributed by atoms with E-state index in [4.69, 9.17) is 4.74 Å². The maximum Gasteiger partial charge on any atom is 0.247 e. The lowest BCUT2D eigenvalue weighted by molar-refractivity contribution is -0.135. The van der Waals surface area contributed by atoms with Gasteiger partial charge in [0.25, 0.3) is 0 Å². The van der Waals surface area contributed by atoms with Gasteiger partial charge in [-0.25, -0.2) is 0 Å². The fraction of sp³-hybridized carbons (Fsp3) is 0.406. The Kier molecular flexibility index (Phi) is 9.83. The normalized spacial score (nSPS) is 21.9. The zero-order valence-electron chi connectivity index (χ0n) is 24.4. The molecule has 2 aromatic carbocycles. The number of hydrogen-bond donors (Lipinski definition) is 5. The standard InChI is InChI=1S/C32H41N5O4/c1-6-20(4)27(33-5)31(39)37-28-29(19(2)3)41-23-13-11-21(12-14-23)15-16-34-30(38)26(36-32(28)40)17-22-18-35-25-10-8-7-9-24(22)25/h7-16,18-20,26-29,33,35H,6,17H2,1-5H3,(H,34,38)(H,36,40)(H,37,39)/b16-15-/t20-,26-,27-,28-,29-/m0/s1. The number of carbonyl (C=O) groups excluding carboxylic acids is 3. The molecular weight excluding hydrogens is 518 g/mol. The van der Waals surface area contributed by atoms with Crippen LogP contribution in [0, 0.1) is 11.8 Å². The monoisotopic (exact) mass is 559 g/mol. The second kappa shape index (κ2) is 13.5. The number of para-hydroxylation sites is 1. The van der Waals surface area contributed by atoms with Gasteiger partial charge in [0, 0.05) is 29.7 Å². The second-order valence-electron chi connectivity index (χ2n) is 11.0. The van der Waals surface area contributed by atoms with Gasteiger partial charge in [0.05, 0.1) is 6.04 Å². The van der Waals surface area contributed by atoms with Crippen molar-refractivity contribution in [1.29, 1.82) is 0 Å². The quantitative estimate of drug-likeness (QED) is 0.289. The summed E-state index contributed by atoms with van der Waals surface area (Å²) in [5.41, 5.74) is 2.72. The van der Waals surface area contributed by atoms with E-state index >= 15 is 0 Å². The Hall–Kier alpha value is -4.11. The molecule has 9 heteroatoms. The molecule has 3 heterocycles. The molecule has 0 fully saturated rings. The van der Waals surface area contributed by atoms with Crippen molar-refractivity contribution in [2.75, 3.05) is 7.05 Å². The lowest BCUT2D eigenvalue weighted by Crippen LogP contribution is -2.62. The van der Waals surface area contributed by atoms with Gasteiger partial charge < -0.3 is 31.0 Å². The number of hydrogen-bond acceptors (Lipinski definition) is 5. The molecule has 2 aliphatic heterocycles. The zero-order valence-corrected chi connectivity index (χ0v) is 24.4. The number of fused-ring (bicyclic) bond motifs is 11. The van der Waals surface area contributed by atoms with Gasteiger partial charge in [-0.1, -0.05) is 64.4 Å². The van der Waals surface area contributed by atoms with Crippen LogP contribution in [0.1, 0.15) is 45.2 Å². The van der Waals surface area contributed by atoms with Gasteiger partial charge in [0.2, 0.25) is 17.7 Å². The van der Waals surface area contributed by atoms with E-state index in [2.05, 4.69) is 26.3 Å². The van der Waals surface area contributed by atoms with Crippen molar-refractivity contribution in [2.24, 2.45) is 11.8 Å². The molecular formula is C32H41N5O4. The molecule has 5 rings (SSSR count). The maximum atomic E-state index is 14.1. The van der Waals surface area contributed by atoms with Crippen molar-refractivity contribution < 1.29 is 19.1 Å². The number of carbonyl (C=O) groups is 3. The Morgan fingerprint density at radius 3 is 2.44 bits per heavy atom. The molecule has 5 N–H and O–H groups in total. The molecule has 0 saturated heterocycles. The molecule has 3 amide bonds. The summed E-state index contributed by atoms with van der Waals surface area (Å²) in [6.45, 7) is 7.89. The highest BCUT2D eigenvalue weighted by Gasteiger charge is 2.38. The first kappa shape index (κ1) is 29.9. The number of aromatic amines is 1. The predicted molar refractivity (Wildman–Crippen MR) is 161 cm³/mol. The first-order valence-corrected chi connectivity index (χ1v) is 14.3. The molecule has 0 radical (unpaired) electrons. The van der Waals surface area contributed by atoms with Crippen LogP contribution in [-0.2, 0) is 20.8 Å². The second-order valence-corrected chi connectivity index (χ2v) is 11.0.